The summed E-state index contributed by atoms with van der Waals surface area (Å²) in [6.45, 7) is 5.95. The number of nitrogens with zero attached hydrogens (tertiary/aromatic N) is 1. The van der Waals surface area contributed by atoms with Crippen LogP contribution in [0.1, 0.15) is 38.7 Å². The highest BCUT2D eigenvalue weighted by Gasteiger charge is 2.21. The first-order valence-electron chi connectivity index (χ1n) is 8.56. The first kappa shape index (κ1) is 18.9. The molecule has 0 radical (unpaired) electrons. The molecular formula is C17H27N3O3S. The molecule has 1 aromatic rings. The van der Waals surface area contributed by atoms with Crippen LogP contribution in [0.15, 0.2) is 29.2 Å². The molecule has 24 heavy (non-hydrogen) atoms. The fraction of sp³-hybridized carbons (Fsp3) is 0.588. The van der Waals surface area contributed by atoms with Gasteiger partial charge in [-0.2, -0.15) is 4.31 Å². The van der Waals surface area contributed by atoms with Gasteiger partial charge in [0.2, 0.25) is 15.9 Å². The van der Waals surface area contributed by atoms with Gasteiger partial charge in [0, 0.05) is 32.1 Å². The van der Waals surface area contributed by atoms with Crippen LogP contribution < -0.4 is 10.6 Å². The van der Waals surface area contributed by atoms with Gasteiger partial charge in [0.1, 0.15) is 0 Å². The third kappa shape index (κ3) is 4.78. The number of nitrogens with one attached hydrogen (secondary N) is 2. The van der Waals surface area contributed by atoms with E-state index in [4.69, 9.17) is 0 Å². The molecule has 0 aliphatic carbocycles. The number of rotatable bonds is 8. The van der Waals surface area contributed by atoms with E-state index in [1.165, 1.54) is 4.31 Å². The van der Waals surface area contributed by atoms with Crippen LogP contribution in [0.5, 0.6) is 0 Å². The Hall–Kier alpha value is -1.44. The van der Waals surface area contributed by atoms with Crippen molar-refractivity contribution in [2.24, 2.45) is 0 Å². The predicted octanol–water partition coefficient (Wildman–Crippen LogP) is 1.48. The van der Waals surface area contributed by atoms with E-state index in [1.807, 2.05) is 13.8 Å². The van der Waals surface area contributed by atoms with Gasteiger partial charge >= 0.3 is 0 Å². The van der Waals surface area contributed by atoms with Gasteiger partial charge in [0.25, 0.3) is 0 Å². The minimum absolute atomic E-state index is 0.0224. The zero-order chi connectivity index (χ0) is 17.6. The maximum absolute atomic E-state index is 12.4. The molecule has 0 bridgehead atoms. The van der Waals surface area contributed by atoms with E-state index < -0.39 is 10.0 Å². The average Bonchev–Trinajstić information content (AvgIpc) is 3.07. The monoisotopic (exact) mass is 353 g/mol. The van der Waals surface area contributed by atoms with Crippen LogP contribution in [0, 0.1) is 0 Å². The molecule has 1 fully saturated rings. The second-order valence-corrected chi connectivity index (χ2v) is 7.95. The van der Waals surface area contributed by atoms with Crippen LogP contribution in [0.4, 0.5) is 0 Å². The molecule has 0 aromatic heterocycles. The number of hydrogen-bond donors (Lipinski definition) is 2. The van der Waals surface area contributed by atoms with Crippen molar-refractivity contribution in [2.45, 2.75) is 50.6 Å². The number of carbonyl (C=O) groups excluding carboxylic acids is 1. The van der Waals surface area contributed by atoms with Gasteiger partial charge in [-0.05, 0) is 37.1 Å². The first-order valence-corrected chi connectivity index (χ1v) is 10.0. The van der Waals surface area contributed by atoms with Gasteiger partial charge in [-0.25, -0.2) is 8.42 Å². The van der Waals surface area contributed by atoms with Crippen LogP contribution in [0.3, 0.4) is 0 Å². The lowest BCUT2D eigenvalue weighted by Gasteiger charge is -2.18. The van der Waals surface area contributed by atoms with E-state index >= 15 is 0 Å². The molecule has 1 atom stereocenters. The summed E-state index contributed by atoms with van der Waals surface area (Å²) in [6, 6.07) is 7.00. The highest BCUT2D eigenvalue weighted by Crippen LogP contribution is 2.16. The summed E-state index contributed by atoms with van der Waals surface area (Å²) in [5.74, 6) is 0.0224. The fourth-order valence-electron chi connectivity index (χ4n) is 2.92. The van der Waals surface area contributed by atoms with Gasteiger partial charge in [-0.15, -0.1) is 0 Å². The lowest BCUT2D eigenvalue weighted by Crippen LogP contribution is -2.31. The van der Waals surface area contributed by atoms with Crippen LogP contribution >= 0.6 is 0 Å². The summed E-state index contributed by atoms with van der Waals surface area (Å²) in [4.78, 5) is 12.2. The van der Waals surface area contributed by atoms with Crippen LogP contribution in [-0.4, -0.2) is 44.3 Å². The van der Waals surface area contributed by atoms with Gasteiger partial charge < -0.3 is 10.6 Å². The molecule has 1 aromatic carbocycles. The second-order valence-electron chi connectivity index (χ2n) is 6.01. The minimum Gasteiger partial charge on any atom is -0.352 e. The molecule has 1 unspecified atom stereocenters. The highest BCUT2D eigenvalue weighted by atomic mass is 32.2. The first-order chi connectivity index (χ1) is 11.5. The van der Waals surface area contributed by atoms with Crippen molar-refractivity contribution < 1.29 is 13.2 Å². The smallest absolute Gasteiger partial charge is 0.243 e. The number of carbonyl (C=O) groups is 1. The van der Waals surface area contributed by atoms with E-state index in [0.29, 0.717) is 26.1 Å². The third-order valence-electron chi connectivity index (χ3n) is 4.35. The lowest BCUT2D eigenvalue weighted by atomic mass is 10.1. The Bertz CT molecular complexity index is 634. The standard InChI is InChI=1S/C17H27N3O3S/c1-3-20(4-2)24(22,23)16-9-7-14(8-10-16)13-19-17(21)12-15-6-5-11-18-15/h7-10,15,18H,3-6,11-13H2,1-2H3,(H,19,21). The van der Waals surface area contributed by atoms with Crippen LogP contribution in [0.2, 0.25) is 0 Å². The summed E-state index contributed by atoms with van der Waals surface area (Å²) < 4.78 is 26.3. The van der Waals surface area contributed by atoms with E-state index in [0.717, 1.165) is 24.9 Å². The zero-order valence-electron chi connectivity index (χ0n) is 14.4. The molecule has 1 saturated heterocycles. The molecular weight excluding hydrogens is 326 g/mol. The largest absolute Gasteiger partial charge is 0.352 e. The Morgan fingerprint density at radius 3 is 2.46 bits per heavy atom. The van der Waals surface area contributed by atoms with Gasteiger partial charge in [-0.3, -0.25) is 4.79 Å². The average molecular weight is 353 g/mol. The Labute approximate surface area is 144 Å². The highest BCUT2D eigenvalue weighted by molar-refractivity contribution is 7.89. The van der Waals surface area contributed by atoms with Crippen LogP contribution in [-0.2, 0) is 21.4 Å². The topological polar surface area (TPSA) is 78.5 Å². The number of sulfonamides is 1. The van der Waals surface area contributed by atoms with E-state index in [1.54, 1.807) is 24.3 Å². The lowest BCUT2D eigenvalue weighted by molar-refractivity contribution is -0.121. The molecule has 1 heterocycles. The fourth-order valence-corrected chi connectivity index (χ4v) is 4.38. The Morgan fingerprint density at radius 2 is 1.92 bits per heavy atom. The molecule has 134 valence electrons. The summed E-state index contributed by atoms with van der Waals surface area (Å²) in [5, 5.41) is 6.19. The number of benzene rings is 1. The molecule has 7 heteroatoms. The van der Waals surface area contributed by atoms with Crippen molar-refractivity contribution in [1.82, 2.24) is 14.9 Å². The zero-order valence-corrected chi connectivity index (χ0v) is 15.2. The molecule has 6 nitrogen and oxygen atoms in total. The summed E-state index contributed by atoms with van der Waals surface area (Å²) in [5.41, 5.74) is 0.890. The summed E-state index contributed by atoms with van der Waals surface area (Å²) >= 11 is 0. The minimum atomic E-state index is -3.43. The van der Waals surface area contributed by atoms with Crippen molar-refractivity contribution in [2.75, 3.05) is 19.6 Å². The number of amides is 1. The van der Waals surface area contributed by atoms with Crippen molar-refractivity contribution in [3.8, 4) is 0 Å². The van der Waals surface area contributed by atoms with E-state index in [-0.39, 0.29) is 16.8 Å². The van der Waals surface area contributed by atoms with Crippen molar-refractivity contribution in [1.29, 1.82) is 0 Å². The number of hydrogen-bond acceptors (Lipinski definition) is 4. The van der Waals surface area contributed by atoms with E-state index in [9.17, 15) is 13.2 Å². The molecule has 1 aliphatic heterocycles. The quantitative estimate of drug-likeness (QED) is 0.742. The third-order valence-corrected chi connectivity index (χ3v) is 6.41. The molecule has 0 saturated carbocycles. The normalized spacial score (nSPS) is 18.0. The molecule has 1 aliphatic rings. The Morgan fingerprint density at radius 1 is 1.25 bits per heavy atom. The van der Waals surface area contributed by atoms with Crippen molar-refractivity contribution >= 4 is 15.9 Å². The predicted molar refractivity (Wildman–Crippen MR) is 94.0 cm³/mol. The van der Waals surface area contributed by atoms with Crippen LogP contribution in [0.25, 0.3) is 0 Å². The van der Waals surface area contributed by atoms with Crippen molar-refractivity contribution in [3.63, 3.8) is 0 Å². The maximum atomic E-state index is 12.4. The Balaban J connectivity index is 1.91. The van der Waals surface area contributed by atoms with E-state index in [2.05, 4.69) is 10.6 Å². The second kappa shape index (κ2) is 8.60. The maximum Gasteiger partial charge on any atom is 0.243 e. The molecule has 0 spiro atoms. The van der Waals surface area contributed by atoms with Gasteiger partial charge in [0.05, 0.1) is 4.90 Å². The molecule has 2 N–H and O–H groups in total. The SMILES string of the molecule is CCN(CC)S(=O)(=O)c1ccc(CNC(=O)CC2CCCN2)cc1. The molecule has 2 rings (SSSR count). The van der Waals surface area contributed by atoms with Gasteiger partial charge in [0.15, 0.2) is 0 Å². The Kier molecular flexibility index (Phi) is 6.77. The summed E-state index contributed by atoms with van der Waals surface area (Å²) in [6.07, 6.45) is 2.67. The summed E-state index contributed by atoms with van der Waals surface area (Å²) in [7, 11) is -3.43. The molecule has 1 amide bonds. The van der Waals surface area contributed by atoms with Gasteiger partial charge in [-0.1, -0.05) is 26.0 Å². The van der Waals surface area contributed by atoms with Crippen molar-refractivity contribution in [3.05, 3.63) is 29.8 Å².